The number of amides is 2. The zero-order valence-corrected chi connectivity index (χ0v) is 14.1. The fourth-order valence-corrected chi connectivity index (χ4v) is 2.60. The van der Waals surface area contributed by atoms with Crippen LogP contribution in [0.1, 0.15) is 5.56 Å². The van der Waals surface area contributed by atoms with Crippen molar-refractivity contribution >= 4 is 35.3 Å². The zero-order valence-electron chi connectivity index (χ0n) is 12.4. The van der Waals surface area contributed by atoms with Gasteiger partial charge in [-0.2, -0.15) is 23.5 Å². The van der Waals surface area contributed by atoms with Gasteiger partial charge in [-0.25, -0.2) is 0 Å². The maximum absolute atomic E-state index is 11.8. The molecule has 21 heavy (non-hydrogen) atoms. The van der Waals surface area contributed by atoms with Gasteiger partial charge in [-0.15, -0.1) is 0 Å². The molecule has 1 aromatic carbocycles. The van der Waals surface area contributed by atoms with E-state index >= 15 is 0 Å². The molecule has 0 radical (unpaired) electrons. The number of hydrogen-bond donors (Lipinski definition) is 2. The van der Waals surface area contributed by atoms with Crippen LogP contribution < -0.4 is 10.6 Å². The Labute approximate surface area is 134 Å². The monoisotopic (exact) mass is 326 g/mol. The predicted molar refractivity (Wildman–Crippen MR) is 91.9 cm³/mol. The van der Waals surface area contributed by atoms with Gasteiger partial charge in [-0.05, 0) is 24.5 Å². The Morgan fingerprint density at radius 1 is 1.05 bits per heavy atom. The molecule has 0 aliphatic rings. The van der Waals surface area contributed by atoms with Crippen molar-refractivity contribution in [3.05, 3.63) is 35.9 Å². The summed E-state index contributed by atoms with van der Waals surface area (Å²) >= 11 is 2.97. The van der Waals surface area contributed by atoms with Gasteiger partial charge in [0.15, 0.2) is 0 Å². The van der Waals surface area contributed by atoms with E-state index in [0.717, 1.165) is 5.56 Å². The summed E-state index contributed by atoms with van der Waals surface area (Å²) in [4.78, 5) is 23.3. The van der Waals surface area contributed by atoms with Crippen LogP contribution in [0.25, 0.3) is 0 Å². The van der Waals surface area contributed by atoms with Crippen LogP contribution in [0.3, 0.4) is 0 Å². The van der Waals surface area contributed by atoms with Gasteiger partial charge < -0.3 is 10.6 Å². The molecule has 0 bridgehead atoms. The first kappa shape index (κ1) is 17.9. The van der Waals surface area contributed by atoms with Gasteiger partial charge in [0.05, 0.1) is 17.5 Å². The summed E-state index contributed by atoms with van der Waals surface area (Å²) in [5, 5.41) is 5.85. The Morgan fingerprint density at radius 2 is 1.67 bits per heavy atom. The van der Waals surface area contributed by atoms with Crippen LogP contribution in [-0.4, -0.2) is 48.4 Å². The first-order valence-corrected chi connectivity index (χ1v) is 9.52. The summed E-state index contributed by atoms with van der Waals surface area (Å²) in [5.41, 5.74) is 1.14. The zero-order chi connectivity index (χ0) is 15.5. The predicted octanol–water partition coefficient (Wildman–Crippen LogP) is 1.56. The van der Waals surface area contributed by atoms with Gasteiger partial charge >= 0.3 is 0 Å². The summed E-state index contributed by atoms with van der Waals surface area (Å²) in [6, 6.07) is 9.88. The van der Waals surface area contributed by atoms with Crippen LogP contribution in [0.2, 0.25) is 0 Å². The Kier molecular flexibility index (Phi) is 9.01. The van der Waals surface area contributed by atoms with Crippen molar-refractivity contribution in [1.29, 1.82) is 0 Å². The van der Waals surface area contributed by atoms with Crippen LogP contribution in [0.5, 0.6) is 0 Å². The summed E-state index contributed by atoms with van der Waals surface area (Å²) in [6.07, 6.45) is 4.49. The van der Waals surface area contributed by atoms with Crippen molar-refractivity contribution in [2.24, 2.45) is 0 Å². The van der Waals surface area contributed by atoms with E-state index in [9.17, 15) is 9.59 Å². The van der Waals surface area contributed by atoms with E-state index in [1.165, 1.54) is 23.5 Å². The molecule has 1 aromatic rings. The normalized spacial score (nSPS) is 11.7. The highest BCUT2D eigenvalue weighted by Gasteiger charge is 2.14. The van der Waals surface area contributed by atoms with Crippen molar-refractivity contribution in [2.75, 3.05) is 30.6 Å². The van der Waals surface area contributed by atoms with Crippen molar-refractivity contribution in [1.82, 2.24) is 10.6 Å². The second-order valence-corrected chi connectivity index (χ2v) is 6.36. The number of benzene rings is 1. The highest BCUT2D eigenvalue weighted by molar-refractivity contribution is 7.99. The third kappa shape index (κ3) is 8.02. The topological polar surface area (TPSA) is 58.2 Å². The van der Waals surface area contributed by atoms with Gasteiger partial charge in [0, 0.05) is 6.54 Å². The van der Waals surface area contributed by atoms with E-state index < -0.39 is 0 Å². The van der Waals surface area contributed by atoms with E-state index in [-0.39, 0.29) is 17.9 Å². The Hall–Kier alpha value is -1.14. The minimum absolute atomic E-state index is 0.000299. The maximum atomic E-state index is 11.8. The Morgan fingerprint density at radius 3 is 2.29 bits per heavy atom. The lowest BCUT2D eigenvalue weighted by atomic mass is 10.1. The standard InChI is InChI=1S/C15H22N2O2S2/c1-20-10-14(18)16-9-13(17-15(19)11-21-2)8-12-6-4-3-5-7-12/h3-7,13H,8-11H2,1-2H3,(H,16,18)(H,17,19). The minimum Gasteiger partial charge on any atom is -0.353 e. The molecule has 6 heteroatoms. The first-order valence-electron chi connectivity index (χ1n) is 6.73. The molecule has 0 saturated carbocycles. The second-order valence-electron chi connectivity index (χ2n) is 4.62. The lowest BCUT2D eigenvalue weighted by molar-refractivity contribution is -0.121. The average molecular weight is 326 g/mol. The number of carbonyl (C=O) groups is 2. The number of thioether (sulfide) groups is 2. The van der Waals surface area contributed by atoms with Gasteiger partial charge in [0.1, 0.15) is 0 Å². The molecule has 1 rings (SSSR count). The third-order valence-electron chi connectivity index (χ3n) is 2.79. The van der Waals surface area contributed by atoms with Crippen molar-refractivity contribution < 1.29 is 9.59 Å². The molecular weight excluding hydrogens is 304 g/mol. The van der Waals surface area contributed by atoms with Crippen molar-refractivity contribution in [2.45, 2.75) is 12.5 Å². The van der Waals surface area contributed by atoms with Crippen LogP contribution in [-0.2, 0) is 16.0 Å². The summed E-state index contributed by atoms with van der Waals surface area (Å²) in [6.45, 7) is 0.453. The largest absolute Gasteiger partial charge is 0.353 e. The number of carbonyl (C=O) groups excluding carboxylic acids is 2. The lowest BCUT2D eigenvalue weighted by Crippen LogP contribution is -2.46. The minimum atomic E-state index is -0.0853. The van der Waals surface area contributed by atoms with Crippen LogP contribution in [0, 0.1) is 0 Å². The van der Waals surface area contributed by atoms with E-state index in [4.69, 9.17) is 0 Å². The molecule has 2 N–H and O–H groups in total. The molecule has 116 valence electrons. The molecule has 0 saturated heterocycles. The van der Waals surface area contributed by atoms with Crippen molar-refractivity contribution in [3.8, 4) is 0 Å². The summed E-state index contributed by atoms with van der Waals surface area (Å²) in [7, 11) is 0. The fraction of sp³-hybridized carbons (Fsp3) is 0.467. The smallest absolute Gasteiger partial charge is 0.230 e. The molecular formula is C15H22N2O2S2. The van der Waals surface area contributed by atoms with Crippen LogP contribution in [0.4, 0.5) is 0 Å². The summed E-state index contributed by atoms with van der Waals surface area (Å²) < 4.78 is 0. The first-order chi connectivity index (χ1) is 10.2. The molecule has 2 amide bonds. The van der Waals surface area contributed by atoms with E-state index in [2.05, 4.69) is 10.6 Å². The van der Waals surface area contributed by atoms with Crippen LogP contribution >= 0.6 is 23.5 Å². The van der Waals surface area contributed by atoms with E-state index in [0.29, 0.717) is 24.5 Å². The molecule has 0 heterocycles. The van der Waals surface area contributed by atoms with Crippen molar-refractivity contribution in [3.63, 3.8) is 0 Å². The fourth-order valence-electron chi connectivity index (χ4n) is 1.89. The molecule has 0 aliphatic carbocycles. The SMILES string of the molecule is CSCC(=O)NCC(Cc1ccccc1)NC(=O)CSC. The molecule has 4 nitrogen and oxygen atoms in total. The lowest BCUT2D eigenvalue weighted by Gasteiger charge is -2.19. The van der Waals surface area contributed by atoms with Gasteiger partial charge in [-0.3, -0.25) is 9.59 Å². The Bertz CT molecular complexity index is 441. The van der Waals surface area contributed by atoms with E-state index in [1.54, 1.807) is 0 Å². The number of rotatable bonds is 9. The maximum Gasteiger partial charge on any atom is 0.230 e. The molecule has 1 atom stereocenters. The van der Waals surface area contributed by atoms with Gasteiger partial charge in [0.2, 0.25) is 11.8 Å². The quantitative estimate of drug-likeness (QED) is 0.723. The molecule has 0 aliphatic heterocycles. The van der Waals surface area contributed by atoms with Crippen LogP contribution in [0.15, 0.2) is 30.3 Å². The second kappa shape index (κ2) is 10.6. The molecule has 0 spiro atoms. The molecule has 1 unspecified atom stereocenters. The number of hydrogen-bond acceptors (Lipinski definition) is 4. The Balaban J connectivity index is 2.56. The average Bonchev–Trinajstić information content (AvgIpc) is 2.46. The molecule has 0 fully saturated rings. The highest BCUT2D eigenvalue weighted by atomic mass is 32.2. The molecule has 0 aromatic heterocycles. The van der Waals surface area contributed by atoms with E-state index in [1.807, 2.05) is 42.8 Å². The van der Waals surface area contributed by atoms with Gasteiger partial charge in [-0.1, -0.05) is 30.3 Å². The summed E-state index contributed by atoms with van der Waals surface area (Å²) in [5.74, 6) is 0.878. The number of nitrogens with one attached hydrogen (secondary N) is 2. The van der Waals surface area contributed by atoms with Gasteiger partial charge in [0.25, 0.3) is 0 Å². The third-order valence-corrected chi connectivity index (χ3v) is 3.89. The highest BCUT2D eigenvalue weighted by Crippen LogP contribution is 2.03.